The van der Waals surface area contributed by atoms with Crippen LogP contribution in [0.4, 0.5) is 0 Å². The summed E-state index contributed by atoms with van der Waals surface area (Å²) in [6.45, 7) is 5.37. The maximum atomic E-state index is 12.9. The van der Waals surface area contributed by atoms with Gasteiger partial charge in [0.05, 0.1) is 11.8 Å². The Morgan fingerprint density at radius 3 is 1.96 bits per heavy atom. The van der Waals surface area contributed by atoms with Crippen LogP contribution < -0.4 is 0 Å². The topological polar surface area (TPSA) is 63.6 Å². The average molecular weight is 480 g/mol. The molecule has 144 valence electrons. The summed E-state index contributed by atoms with van der Waals surface area (Å²) in [5.41, 5.74) is 1.14. The van der Waals surface area contributed by atoms with E-state index >= 15 is 0 Å². The molecule has 5 heteroatoms. The zero-order valence-corrected chi connectivity index (χ0v) is 18.0. The average Bonchev–Trinajstić information content (AvgIpc) is 2.58. The summed E-state index contributed by atoms with van der Waals surface area (Å²) < 4.78 is 6.65. The fourth-order valence-corrected chi connectivity index (χ4v) is 3.27. The van der Waals surface area contributed by atoms with E-state index < -0.39 is 29.4 Å². The van der Waals surface area contributed by atoms with E-state index in [1.165, 1.54) is 0 Å². The zero-order valence-electron chi connectivity index (χ0n) is 15.8. The molecule has 2 aromatic carbocycles. The smallest absolute Gasteiger partial charge is 0.310 e. The minimum atomic E-state index is -0.986. The number of carbonyl (C=O) groups is 2. The van der Waals surface area contributed by atoms with Crippen LogP contribution in [0.3, 0.4) is 0 Å². The molecule has 4 nitrogen and oxygen atoms in total. The van der Waals surface area contributed by atoms with Crippen molar-refractivity contribution < 1.29 is 19.4 Å². The van der Waals surface area contributed by atoms with Crippen molar-refractivity contribution in [2.24, 2.45) is 11.8 Å². The van der Waals surface area contributed by atoms with Crippen LogP contribution in [-0.4, -0.2) is 22.6 Å². The minimum Gasteiger partial charge on any atom is -0.481 e. The van der Waals surface area contributed by atoms with E-state index in [0.29, 0.717) is 6.42 Å². The van der Waals surface area contributed by atoms with E-state index in [2.05, 4.69) is 22.6 Å². The molecule has 1 N–H and O–H groups in total. The number of benzene rings is 2. The molecule has 0 fully saturated rings. The molecule has 0 bridgehead atoms. The molecule has 0 aliphatic carbocycles. The first-order valence-electron chi connectivity index (χ1n) is 8.90. The molecule has 0 unspecified atom stereocenters. The lowest BCUT2D eigenvalue weighted by Crippen LogP contribution is -2.37. The van der Waals surface area contributed by atoms with E-state index in [4.69, 9.17) is 4.74 Å². The number of ether oxygens (including phenoxy) is 1. The van der Waals surface area contributed by atoms with Gasteiger partial charge in [-0.05, 0) is 79.5 Å². The summed E-state index contributed by atoms with van der Waals surface area (Å²) >= 11 is 2.21. The highest BCUT2D eigenvalue weighted by Gasteiger charge is 2.36. The molecule has 2 aromatic rings. The number of halogens is 1. The lowest BCUT2D eigenvalue weighted by Gasteiger charge is -2.27. The second kappa shape index (κ2) is 9.35. The third-order valence-electron chi connectivity index (χ3n) is 4.18. The second-order valence-electron chi connectivity index (χ2n) is 7.61. The molecule has 0 aromatic heterocycles. The first kappa shape index (κ1) is 21.4. The minimum absolute atomic E-state index is 0.282. The molecule has 0 amide bonds. The van der Waals surface area contributed by atoms with Crippen molar-refractivity contribution >= 4 is 34.5 Å². The molecule has 0 radical (unpaired) electrons. The highest BCUT2D eigenvalue weighted by Crippen LogP contribution is 2.26. The summed E-state index contributed by atoms with van der Waals surface area (Å²) in [5, 5.41) is 9.87. The van der Waals surface area contributed by atoms with Crippen molar-refractivity contribution in [1.82, 2.24) is 0 Å². The first-order chi connectivity index (χ1) is 12.7. The van der Waals surface area contributed by atoms with Crippen molar-refractivity contribution in [3.63, 3.8) is 0 Å². The Morgan fingerprint density at radius 1 is 0.926 bits per heavy atom. The number of carbonyl (C=O) groups excluding carboxylic acids is 1. The Hall–Kier alpha value is -1.89. The van der Waals surface area contributed by atoms with Crippen molar-refractivity contribution in [2.45, 2.75) is 39.2 Å². The van der Waals surface area contributed by atoms with E-state index in [-0.39, 0.29) is 6.42 Å². The predicted octanol–water partition coefficient (Wildman–Crippen LogP) is 4.74. The van der Waals surface area contributed by atoms with Gasteiger partial charge in [-0.25, -0.2) is 0 Å². The standard InChI is InChI=1S/C22H25IO4/c1-22(2,3)27-21(26)19(14-16-9-11-17(23)12-10-16)18(20(24)25)13-15-7-5-4-6-8-15/h4-12,18-19H,13-14H2,1-3H3,(H,24,25)/t18-,19-/m0/s1. The molecule has 0 heterocycles. The lowest BCUT2D eigenvalue weighted by molar-refractivity contribution is -0.166. The third-order valence-corrected chi connectivity index (χ3v) is 4.90. The Bertz CT molecular complexity index is 763. The maximum absolute atomic E-state index is 12.9. The summed E-state index contributed by atoms with van der Waals surface area (Å²) in [5.74, 6) is -3.08. The first-order valence-corrected chi connectivity index (χ1v) is 9.97. The number of carboxylic acids is 1. The Morgan fingerprint density at radius 2 is 1.44 bits per heavy atom. The Labute approximate surface area is 174 Å². The zero-order chi connectivity index (χ0) is 20.0. The van der Waals surface area contributed by atoms with Gasteiger partial charge in [0, 0.05) is 3.57 Å². The van der Waals surface area contributed by atoms with Crippen LogP contribution >= 0.6 is 22.6 Å². The molecule has 0 spiro atoms. The number of aliphatic carboxylic acids is 1. The van der Waals surface area contributed by atoms with Gasteiger partial charge >= 0.3 is 11.9 Å². The second-order valence-corrected chi connectivity index (χ2v) is 8.85. The van der Waals surface area contributed by atoms with E-state index in [9.17, 15) is 14.7 Å². The van der Waals surface area contributed by atoms with Crippen LogP contribution in [0.15, 0.2) is 54.6 Å². The highest BCUT2D eigenvalue weighted by molar-refractivity contribution is 14.1. The van der Waals surface area contributed by atoms with Crippen molar-refractivity contribution in [3.8, 4) is 0 Å². The van der Waals surface area contributed by atoms with Gasteiger partial charge in [-0.15, -0.1) is 0 Å². The van der Waals surface area contributed by atoms with Crippen LogP contribution in [0, 0.1) is 15.4 Å². The lowest BCUT2D eigenvalue weighted by atomic mass is 9.82. The number of rotatable bonds is 7. The van der Waals surface area contributed by atoms with Gasteiger partial charge in [0.25, 0.3) is 0 Å². The molecule has 2 atom stereocenters. The Kier molecular flexibility index (Phi) is 7.41. The van der Waals surface area contributed by atoms with Gasteiger partial charge in [-0.3, -0.25) is 9.59 Å². The number of hydrogen-bond acceptors (Lipinski definition) is 3. The Balaban J connectivity index is 2.33. The van der Waals surface area contributed by atoms with Crippen LogP contribution in [0.5, 0.6) is 0 Å². The molecule has 27 heavy (non-hydrogen) atoms. The van der Waals surface area contributed by atoms with Gasteiger partial charge in [0.1, 0.15) is 5.60 Å². The molecular formula is C22H25IO4. The van der Waals surface area contributed by atoms with Crippen LogP contribution in [0.2, 0.25) is 0 Å². The van der Waals surface area contributed by atoms with Crippen molar-refractivity contribution in [3.05, 3.63) is 69.3 Å². The van der Waals surface area contributed by atoms with E-state index in [1.807, 2.05) is 54.6 Å². The summed E-state index contributed by atoms with van der Waals surface area (Å²) in [6.07, 6.45) is 0.611. The predicted molar refractivity (Wildman–Crippen MR) is 113 cm³/mol. The van der Waals surface area contributed by atoms with Crippen molar-refractivity contribution in [2.75, 3.05) is 0 Å². The molecule has 0 aliphatic rings. The van der Waals surface area contributed by atoms with Gasteiger partial charge in [0.15, 0.2) is 0 Å². The maximum Gasteiger partial charge on any atom is 0.310 e. The highest BCUT2D eigenvalue weighted by atomic mass is 127. The fourth-order valence-electron chi connectivity index (χ4n) is 2.91. The number of carboxylic acid groups (broad SMARTS) is 1. The van der Waals surface area contributed by atoms with Gasteiger partial charge in [-0.1, -0.05) is 42.5 Å². The molecule has 0 aliphatic heterocycles. The molecular weight excluding hydrogens is 455 g/mol. The normalized spacial score (nSPS) is 13.6. The fraction of sp³-hybridized carbons (Fsp3) is 0.364. The third kappa shape index (κ3) is 6.97. The van der Waals surface area contributed by atoms with E-state index in [0.717, 1.165) is 14.7 Å². The molecule has 0 saturated carbocycles. The van der Waals surface area contributed by atoms with Gasteiger partial charge in [-0.2, -0.15) is 0 Å². The quantitative estimate of drug-likeness (QED) is 0.460. The SMILES string of the molecule is CC(C)(C)OC(=O)[C@@H](Cc1ccc(I)cc1)[C@H](Cc1ccccc1)C(=O)O. The van der Waals surface area contributed by atoms with Gasteiger partial charge < -0.3 is 9.84 Å². The summed E-state index contributed by atoms with van der Waals surface area (Å²) in [7, 11) is 0. The van der Waals surface area contributed by atoms with E-state index in [1.54, 1.807) is 20.8 Å². The number of hydrogen-bond donors (Lipinski definition) is 1. The molecule has 2 rings (SSSR count). The number of esters is 1. The monoisotopic (exact) mass is 480 g/mol. The van der Waals surface area contributed by atoms with Crippen LogP contribution in [-0.2, 0) is 27.2 Å². The van der Waals surface area contributed by atoms with Gasteiger partial charge in [0.2, 0.25) is 0 Å². The largest absolute Gasteiger partial charge is 0.481 e. The van der Waals surface area contributed by atoms with Crippen molar-refractivity contribution in [1.29, 1.82) is 0 Å². The summed E-state index contributed by atoms with van der Waals surface area (Å²) in [6, 6.07) is 17.2. The molecule has 0 saturated heterocycles. The summed E-state index contributed by atoms with van der Waals surface area (Å²) in [4.78, 5) is 24.9. The van der Waals surface area contributed by atoms with Crippen LogP contribution in [0.25, 0.3) is 0 Å². The van der Waals surface area contributed by atoms with Crippen LogP contribution in [0.1, 0.15) is 31.9 Å².